The smallest absolute Gasteiger partial charge is 0.296 e. The van der Waals surface area contributed by atoms with Crippen molar-refractivity contribution in [1.29, 1.82) is 0 Å². The number of halogens is 1. The standard InChI is InChI=1S/C23H18FNO6/c1-30-18-8-7-14(11-17(18)24)21(27)19-20(13-4-2-5-15(26)10-13)25(23(29)22(19)28)12-16-6-3-9-31-16/h2-11,20,26-27H,12H2,1H3/b21-19-. The highest BCUT2D eigenvalue weighted by molar-refractivity contribution is 6.46. The van der Waals surface area contributed by atoms with Gasteiger partial charge in [0.25, 0.3) is 11.7 Å². The Kier molecular flexibility index (Phi) is 5.21. The number of hydrogen-bond donors (Lipinski definition) is 2. The summed E-state index contributed by atoms with van der Waals surface area (Å²) >= 11 is 0. The number of phenolic OH excluding ortho intramolecular Hbond substituents is 1. The number of furan rings is 1. The molecule has 2 aromatic carbocycles. The molecule has 0 aliphatic carbocycles. The van der Waals surface area contributed by atoms with Gasteiger partial charge in [-0.1, -0.05) is 12.1 Å². The maximum Gasteiger partial charge on any atom is 0.296 e. The molecule has 4 rings (SSSR count). The summed E-state index contributed by atoms with van der Waals surface area (Å²) in [6.07, 6.45) is 1.44. The van der Waals surface area contributed by atoms with Crippen molar-refractivity contribution in [3.63, 3.8) is 0 Å². The maximum atomic E-state index is 14.2. The van der Waals surface area contributed by atoms with E-state index in [1.54, 1.807) is 24.3 Å². The molecule has 1 amide bonds. The zero-order chi connectivity index (χ0) is 22.1. The van der Waals surface area contributed by atoms with Crippen molar-refractivity contribution in [2.24, 2.45) is 0 Å². The Hall–Kier alpha value is -4.07. The number of rotatable bonds is 5. The summed E-state index contributed by atoms with van der Waals surface area (Å²) in [6, 6.07) is 12.0. The number of Topliss-reactive ketones (excluding diaryl/α,β-unsaturated/α-hetero) is 1. The van der Waals surface area contributed by atoms with Gasteiger partial charge in [-0.3, -0.25) is 9.59 Å². The fourth-order valence-electron chi connectivity index (χ4n) is 3.62. The quantitative estimate of drug-likeness (QED) is 0.368. The van der Waals surface area contributed by atoms with E-state index in [0.29, 0.717) is 11.3 Å². The van der Waals surface area contributed by atoms with E-state index in [0.717, 1.165) is 6.07 Å². The first-order valence-corrected chi connectivity index (χ1v) is 9.34. The number of aliphatic hydroxyl groups excluding tert-OH is 1. The number of aliphatic hydroxyl groups is 1. The van der Waals surface area contributed by atoms with Crippen molar-refractivity contribution < 1.29 is 33.3 Å². The minimum atomic E-state index is -1.01. The van der Waals surface area contributed by atoms with Crippen LogP contribution in [0.25, 0.3) is 5.76 Å². The van der Waals surface area contributed by atoms with Crippen molar-refractivity contribution in [1.82, 2.24) is 4.90 Å². The first-order chi connectivity index (χ1) is 14.9. The van der Waals surface area contributed by atoms with Gasteiger partial charge >= 0.3 is 0 Å². The molecule has 0 bridgehead atoms. The largest absolute Gasteiger partial charge is 0.508 e. The number of methoxy groups -OCH3 is 1. The van der Waals surface area contributed by atoms with Crippen LogP contribution in [0.5, 0.6) is 11.5 Å². The number of phenols is 1. The van der Waals surface area contributed by atoms with Crippen LogP contribution in [0.2, 0.25) is 0 Å². The molecule has 0 radical (unpaired) electrons. The van der Waals surface area contributed by atoms with E-state index in [9.17, 15) is 24.2 Å². The Morgan fingerprint density at radius 2 is 1.97 bits per heavy atom. The molecule has 1 aliphatic rings. The average Bonchev–Trinajstić information content (AvgIpc) is 3.35. The molecule has 1 aliphatic heterocycles. The predicted octanol–water partition coefficient (Wildman–Crippen LogP) is 3.75. The molecular formula is C23H18FNO6. The third-order valence-corrected chi connectivity index (χ3v) is 5.06. The zero-order valence-corrected chi connectivity index (χ0v) is 16.4. The van der Waals surface area contributed by atoms with Crippen LogP contribution >= 0.6 is 0 Å². The molecule has 1 fully saturated rings. The Morgan fingerprint density at radius 3 is 2.61 bits per heavy atom. The maximum absolute atomic E-state index is 14.2. The average molecular weight is 423 g/mol. The van der Waals surface area contributed by atoms with Gasteiger partial charge in [0.15, 0.2) is 11.6 Å². The highest BCUT2D eigenvalue weighted by atomic mass is 19.1. The molecule has 7 nitrogen and oxygen atoms in total. The number of nitrogens with zero attached hydrogens (tertiary/aromatic N) is 1. The van der Waals surface area contributed by atoms with E-state index in [1.165, 1.54) is 42.5 Å². The molecule has 3 aromatic rings. The van der Waals surface area contributed by atoms with Crippen molar-refractivity contribution >= 4 is 17.4 Å². The van der Waals surface area contributed by atoms with E-state index in [1.807, 2.05) is 0 Å². The first kappa shape index (κ1) is 20.2. The molecule has 158 valence electrons. The van der Waals surface area contributed by atoms with Crippen LogP contribution in [-0.4, -0.2) is 33.9 Å². The molecule has 1 saturated heterocycles. The normalized spacial score (nSPS) is 17.9. The van der Waals surface area contributed by atoms with Crippen molar-refractivity contribution in [2.75, 3.05) is 7.11 Å². The number of aromatic hydroxyl groups is 1. The first-order valence-electron chi connectivity index (χ1n) is 9.34. The van der Waals surface area contributed by atoms with E-state index in [-0.39, 0.29) is 29.2 Å². The summed E-state index contributed by atoms with van der Waals surface area (Å²) in [5.74, 6) is -2.70. The lowest BCUT2D eigenvalue weighted by Crippen LogP contribution is -2.29. The molecule has 0 saturated carbocycles. The van der Waals surface area contributed by atoms with Crippen LogP contribution in [0.3, 0.4) is 0 Å². The third-order valence-electron chi connectivity index (χ3n) is 5.06. The number of ketones is 1. The van der Waals surface area contributed by atoms with E-state index < -0.39 is 29.3 Å². The number of likely N-dealkylation sites (tertiary alicyclic amines) is 1. The summed E-state index contributed by atoms with van der Waals surface area (Å²) in [5, 5.41) is 20.9. The number of carbonyl (C=O) groups is 2. The fraction of sp³-hybridized carbons (Fsp3) is 0.130. The Balaban J connectivity index is 1.87. The minimum Gasteiger partial charge on any atom is -0.508 e. The lowest BCUT2D eigenvalue weighted by molar-refractivity contribution is -0.140. The lowest BCUT2D eigenvalue weighted by Gasteiger charge is -2.24. The number of hydrogen-bond acceptors (Lipinski definition) is 6. The van der Waals surface area contributed by atoms with Gasteiger partial charge in [-0.25, -0.2) is 4.39 Å². The van der Waals surface area contributed by atoms with Gasteiger partial charge in [0.05, 0.1) is 31.5 Å². The molecule has 2 heterocycles. The third kappa shape index (κ3) is 3.63. The lowest BCUT2D eigenvalue weighted by atomic mass is 9.95. The highest BCUT2D eigenvalue weighted by Gasteiger charge is 2.46. The monoisotopic (exact) mass is 423 g/mol. The van der Waals surface area contributed by atoms with Crippen molar-refractivity contribution in [3.8, 4) is 11.5 Å². The van der Waals surface area contributed by atoms with Crippen LogP contribution in [0.15, 0.2) is 70.9 Å². The van der Waals surface area contributed by atoms with Crippen LogP contribution in [0, 0.1) is 5.82 Å². The second-order valence-corrected chi connectivity index (χ2v) is 6.95. The second kappa shape index (κ2) is 7.98. The van der Waals surface area contributed by atoms with Gasteiger partial charge < -0.3 is 24.3 Å². The summed E-state index contributed by atoms with van der Waals surface area (Å²) in [7, 11) is 1.31. The zero-order valence-electron chi connectivity index (χ0n) is 16.4. The molecule has 1 atom stereocenters. The number of carbonyl (C=O) groups excluding carboxylic acids is 2. The summed E-state index contributed by atoms with van der Waals surface area (Å²) in [6.45, 7) is -0.0361. The van der Waals surface area contributed by atoms with Gasteiger partial charge in [0, 0.05) is 5.56 Å². The fourth-order valence-corrected chi connectivity index (χ4v) is 3.62. The Labute approximate surface area is 176 Å². The molecular weight excluding hydrogens is 405 g/mol. The minimum absolute atomic E-state index is 0.0134. The van der Waals surface area contributed by atoms with Gasteiger partial charge in [-0.2, -0.15) is 0 Å². The number of benzene rings is 2. The highest BCUT2D eigenvalue weighted by Crippen LogP contribution is 2.41. The summed E-state index contributed by atoms with van der Waals surface area (Å²) in [5.41, 5.74) is 0.201. The second-order valence-electron chi connectivity index (χ2n) is 6.95. The van der Waals surface area contributed by atoms with E-state index in [2.05, 4.69) is 0 Å². The van der Waals surface area contributed by atoms with E-state index >= 15 is 0 Å². The van der Waals surface area contributed by atoms with Gasteiger partial charge in [0.2, 0.25) is 0 Å². The van der Waals surface area contributed by atoms with Gasteiger partial charge in [-0.05, 0) is 48.0 Å². The molecule has 1 unspecified atom stereocenters. The summed E-state index contributed by atoms with van der Waals surface area (Å²) in [4.78, 5) is 27.0. The Morgan fingerprint density at radius 1 is 1.16 bits per heavy atom. The summed E-state index contributed by atoms with van der Waals surface area (Å²) < 4.78 is 24.4. The van der Waals surface area contributed by atoms with Gasteiger partial charge in [-0.15, -0.1) is 0 Å². The van der Waals surface area contributed by atoms with Crippen LogP contribution < -0.4 is 4.74 Å². The van der Waals surface area contributed by atoms with Gasteiger partial charge in [0.1, 0.15) is 17.3 Å². The topological polar surface area (TPSA) is 100 Å². The van der Waals surface area contributed by atoms with Crippen LogP contribution in [-0.2, 0) is 16.1 Å². The number of amides is 1. The van der Waals surface area contributed by atoms with Crippen LogP contribution in [0.1, 0.15) is 22.9 Å². The molecule has 31 heavy (non-hydrogen) atoms. The van der Waals surface area contributed by atoms with Crippen molar-refractivity contribution in [2.45, 2.75) is 12.6 Å². The van der Waals surface area contributed by atoms with Crippen LogP contribution in [0.4, 0.5) is 4.39 Å². The number of ether oxygens (including phenoxy) is 1. The Bertz CT molecular complexity index is 1180. The molecule has 2 N–H and O–H groups in total. The van der Waals surface area contributed by atoms with E-state index in [4.69, 9.17) is 9.15 Å². The molecule has 1 aromatic heterocycles. The molecule has 8 heteroatoms. The SMILES string of the molecule is COc1ccc(/C(O)=C2/C(=O)C(=O)N(Cc3ccco3)C2c2cccc(O)c2)cc1F. The van der Waals surface area contributed by atoms with Crippen molar-refractivity contribution in [3.05, 3.63) is 89.1 Å². The predicted molar refractivity (Wildman–Crippen MR) is 108 cm³/mol. The molecule has 0 spiro atoms.